The summed E-state index contributed by atoms with van der Waals surface area (Å²) in [6, 6.07) is 40.5. The fraction of sp³-hybridized carbons (Fsp3) is 0.132. The fourth-order valence-corrected chi connectivity index (χ4v) is 8.16. The summed E-state index contributed by atoms with van der Waals surface area (Å²) in [6.45, 7) is 9.68. The summed E-state index contributed by atoms with van der Waals surface area (Å²) in [7, 11) is 0. The van der Waals surface area contributed by atoms with Crippen molar-refractivity contribution in [1.29, 1.82) is 0 Å². The van der Waals surface area contributed by atoms with Crippen LogP contribution in [0.5, 0.6) is 0 Å². The van der Waals surface area contributed by atoms with Crippen LogP contribution in [0, 0.1) is 13.5 Å². The third kappa shape index (κ3) is 5.37. The van der Waals surface area contributed by atoms with Gasteiger partial charge in [-0.2, -0.15) is 5.10 Å². The maximum absolute atomic E-state index is 7.01. The molecule has 0 N–H and O–H groups in total. The van der Waals surface area contributed by atoms with Crippen LogP contribution in [0.3, 0.4) is 0 Å². The second-order valence-corrected chi connectivity index (χ2v) is 13.4. The third-order valence-corrected chi connectivity index (χ3v) is 10.5. The molecule has 7 heteroatoms. The average molecular weight is 622 g/mol. The Kier molecular flexibility index (Phi) is 8.08. The van der Waals surface area contributed by atoms with Gasteiger partial charge in [0.05, 0.1) is 26.7 Å². The van der Waals surface area contributed by atoms with Gasteiger partial charge in [-0.25, -0.2) is 11.6 Å². The number of aryl methyl sites for hydroxylation is 1. The second-order valence-electron chi connectivity index (χ2n) is 10.9. The van der Waals surface area contributed by atoms with Gasteiger partial charge in [0.15, 0.2) is 0 Å². The van der Waals surface area contributed by atoms with Gasteiger partial charge >= 0.3 is 0 Å². The van der Waals surface area contributed by atoms with Gasteiger partial charge in [0, 0.05) is 35.7 Å². The first-order chi connectivity index (χ1) is 22.2. The summed E-state index contributed by atoms with van der Waals surface area (Å²) in [5, 5.41) is 5.25. The lowest BCUT2D eigenvalue weighted by Gasteiger charge is -2.36. The first kappa shape index (κ1) is 28.8. The van der Waals surface area contributed by atoms with E-state index < -0.39 is 5.54 Å². The van der Waals surface area contributed by atoms with Crippen LogP contribution in [0.25, 0.3) is 32.2 Å². The highest BCUT2D eigenvalue weighted by molar-refractivity contribution is 8.01. The number of hydrogen-bond acceptors (Lipinski definition) is 4. The molecule has 0 atom stereocenters. The normalized spacial score (nSPS) is 11.6. The van der Waals surface area contributed by atoms with Crippen LogP contribution in [-0.4, -0.2) is 31.5 Å². The van der Waals surface area contributed by atoms with E-state index in [1.807, 2.05) is 18.0 Å². The zero-order valence-electron chi connectivity index (χ0n) is 24.9. The van der Waals surface area contributed by atoms with Gasteiger partial charge in [-0.05, 0) is 47.9 Å². The lowest BCUT2D eigenvalue weighted by molar-refractivity contribution is 0.458. The molecule has 7 aromatic rings. The maximum Gasteiger partial charge on any atom is 0.215 e. The molecular weight excluding hydrogens is 591 g/mol. The molecule has 7 rings (SSSR count). The zero-order valence-corrected chi connectivity index (χ0v) is 26.5. The minimum atomic E-state index is -0.670. The number of aromatic nitrogens is 4. The van der Waals surface area contributed by atoms with E-state index in [1.54, 1.807) is 11.3 Å². The summed E-state index contributed by atoms with van der Waals surface area (Å²) >= 11 is 3.60. The second kappa shape index (κ2) is 12.6. The Bertz CT molecular complexity index is 1990. The van der Waals surface area contributed by atoms with E-state index in [2.05, 4.69) is 149 Å². The highest BCUT2D eigenvalue weighted by atomic mass is 32.2. The van der Waals surface area contributed by atoms with Crippen molar-refractivity contribution < 1.29 is 0 Å². The van der Waals surface area contributed by atoms with Crippen LogP contribution in [0.4, 0.5) is 0 Å². The summed E-state index contributed by atoms with van der Waals surface area (Å²) in [5.74, 6) is 0.958. The van der Waals surface area contributed by atoms with E-state index in [1.165, 1.54) is 9.09 Å². The van der Waals surface area contributed by atoms with Crippen molar-refractivity contribution >= 4 is 28.7 Å². The van der Waals surface area contributed by atoms with Crippen molar-refractivity contribution in [2.75, 3.05) is 12.3 Å². The Morgan fingerprint density at radius 2 is 1.44 bits per heavy atom. The number of nitrogens with zero attached hydrogens (tertiary/aromatic N) is 5. The van der Waals surface area contributed by atoms with Crippen LogP contribution >= 0.6 is 23.1 Å². The number of hydrogen-bond donors (Lipinski definition) is 0. The molecule has 0 unspecified atom stereocenters. The highest BCUT2D eigenvalue weighted by Gasteiger charge is 2.39. The Morgan fingerprint density at radius 3 is 2.07 bits per heavy atom. The first-order valence-corrected chi connectivity index (χ1v) is 16.8. The summed E-state index contributed by atoms with van der Waals surface area (Å²) < 4.78 is 5.59. The molecular formula is C38H31N5S2. The molecule has 0 aliphatic heterocycles. The van der Waals surface area contributed by atoms with Gasteiger partial charge in [0.1, 0.15) is 11.2 Å². The van der Waals surface area contributed by atoms with E-state index in [4.69, 9.17) is 16.7 Å². The summed E-state index contributed by atoms with van der Waals surface area (Å²) in [4.78, 5) is 9.37. The van der Waals surface area contributed by atoms with Crippen molar-refractivity contribution in [1.82, 2.24) is 19.2 Å². The lowest BCUT2D eigenvalue weighted by atomic mass is 9.77. The van der Waals surface area contributed by atoms with Crippen LogP contribution < -0.4 is 0 Å². The molecule has 0 saturated heterocycles. The quantitative estimate of drug-likeness (QED) is 0.0661. The maximum atomic E-state index is 7.01. The van der Waals surface area contributed by atoms with Crippen molar-refractivity contribution in [2.24, 2.45) is 0 Å². The molecule has 3 aromatic carbocycles. The SMILES string of the molecule is [C-]#[N+]CCCSc1ccc(-c2cnc3ccc(-c4cn(C(c5ccccc5)(c5ccccc5)c5ccccc5)nc4C)cn23)s1. The zero-order chi connectivity index (χ0) is 30.6. The number of pyridine rings is 1. The Morgan fingerprint density at radius 1 is 0.800 bits per heavy atom. The van der Waals surface area contributed by atoms with Crippen LogP contribution in [0.1, 0.15) is 28.8 Å². The number of thioether (sulfide) groups is 1. The van der Waals surface area contributed by atoms with Crippen LogP contribution in [0.15, 0.2) is 138 Å². The van der Waals surface area contributed by atoms with E-state index in [9.17, 15) is 0 Å². The lowest BCUT2D eigenvalue weighted by Crippen LogP contribution is -2.38. The average Bonchev–Trinajstić information content (AvgIpc) is 3.83. The number of thiophene rings is 1. The molecule has 0 radical (unpaired) electrons. The van der Waals surface area contributed by atoms with E-state index in [0.717, 1.165) is 57.0 Å². The molecule has 0 aliphatic carbocycles. The molecule has 5 nitrogen and oxygen atoms in total. The summed E-state index contributed by atoms with van der Waals surface area (Å²) in [5.41, 5.74) is 7.85. The highest BCUT2D eigenvalue weighted by Crippen LogP contribution is 2.42. The molecule has 0 fully saturated rings. The van der Waals surface area contributed by atoms with Gasteiger partial charge in [-0.15, -0.1) is 23.1 Å². The van der Waals surface area contributed by atoms with E-state index in [0.29, 0.717) is 6.54 Å². The molecule has 0 spiro atoms. The van der Waals surface area contributed by atoms with E-state index >= 15 is 0 Å². The number of rotatable bonds is 10. The number of fused-ring (bicyclic) bond motifs is 1. The molecule has 45 heavy (non-hydrogen) atoms. The molecule has 220 valence electrons. The Labute approximate surface area is 271 Å². The van der Waals surface area contributed by atoms with Crippen molar-refractivity contribution in [2.45, 2.75) is 23.1 Å². The summed E-state index contributed by atoms with van der Waals surface area (Å²) in [6.07, 6.45) is 7.25. The molecule has 0 bridgehead atoms. The van der Waals surface area contributed by atoms with Crippen LogP contribution in [0.2, 0.25) is 0 Å². The minimum Gasteiger partial charge on any atom is -0.317 e. The topological polar surface area (TPSA) is 39.5 Å². The minimum absolute atomic E-state index is 0.584. The molecule has 4 aromatic heterocycles. The molecule has 4 heterocycles. The predicted octanol–water partition coefficient (Wildman–Crippen LogP) is 9.48. The number of benzene rings is 3. The smallest absolute Gasteiger partial charge is 0.215 e. The van der Waals surface area contributed by atoms with Gasteiger partial charge in [-0.3, -0.25) is 9.08 Å². The largest absolute Gasteiger partial charge is 0.317 e. The van der Waals surface area contributed by atoms with Gasteiger partial charge < -0.3 is 4.85 Å². The standard InChI is InChI=1S/C38H31N5S2/c1-28-33(29-19-21-36-40-25-34(42(36)26-29)35-20-22-37(45-35)44-24-12-23-39-2)27-43(41-28)38(30-13-6-3-7-14-30,31-15-8-4-9-16-31)32-17-10-5-11-18-32/h3-11,13-22,25-27H,12,23-24H2,1H3. The third-order valence-electron chi connectivity index (χ3n) is 8.13. The molecule has 0 amide bonds. The van der Waals surface area contributed by atoms with Gasteiger partial charge in [-0.1, -0.05) is 91.0 Å². The number of imidazole rings is 1. The Hall–Kier alpha value is -4.90. The van der Waals surface area contributed by atoms with Crippen LogP contribution in [-0.2, 0) is 5.54 Å². The van der Waals surface area contributed by atoms with E-state index in [-0.39, 0.29) is 0 Å². The monoisotopic (exact) mass is 621 g/mol. The first-order valence-electron chi connectivity index (χ1n) is 15.0. The molecule has 0 saturated carbocycles. The Balaban J connectivity index is 1.34. The molecule has 0 aliphatic rings. The van der Waals surface area contributed by atoms with Gasteiger partial charge in [0.25, 0.3) is 0 Å². The fourth-order valence-electron chi connectivity index (χ4n) is 6.02. The predicted molar refractivity (Wildman–Crippen MR) is 186 cm³/mol. The van der Waals surface area contributed by atoms with Crippen molar-refractivity contribution in [3.8, 4) is 21.7 Å². The van der Waals surface area contributed by atoms with Crippen molar-refractivity contribution in [3.63, 3.8) is 0 Å². The van der Waals surface area contributed by atoms with Crippen molar-refractivity contribution in [3.05, 3.63) is 168 Å². The van der Waals surface area contributed by atoms with Gasteiger partial charge in [0.2, 0.25) is 6.54 Å².